The van der Waals surface area contributed by atoms with E-state index in [9.17, 15) is 4.79 Å². The molecule has 1 unspecified atom stereocenters. The third-order valence-corrected chi connectivity index (χ3v) is 2.30. The number of ketones is 1. The molecule has 1 atom stereocenters. The number of hydrogen-bond donors (Lipinski definition) is 0. The lowest BCUT2D eigenvalue weighted by Crippen LogP contribution is -2.15. The molecule has 1 aromatic rings. The quantitative estimate of drug-likeness (QED) is 0.672. The van der Waals surface area contributed by atoms with Crippen molar-refractivity contribution >= 4 is 17.2 Å². The van der Waals surface area contributed by atoms with Gasteiger partial charge < -0.3 is 0 Å². The van der Waals surface area contributed by atoms with Gasteiger partial charge in [-0.15, -0.1) is 0 Å². The Hall–Kier alpha value is -1.44. The van der Waals surface area contributed by atoms with Crippen LogP contribution >= 0.6 is 0 Å². The van der Waals surface area contributed by atoms with Crippen molar-refractivity contribution < 1.29 is 4.79 Å². The third kappa shape index (κ3) is 2.80. The van der Waals surface area contributed by atoms with E-state index in [0.29, 0.717) is 0 Å². The van der Waals surface area contributed by atoms with E-state index in [2.05, 4.69) is 4.99 Å². The second-order valence-corrected chi connectivity index (χ2v) is 3.42. The minimum absolute atomic E-state index is 0.0878. The number of carbonyl (C=O) groups is 1. The Morgan fingerprint density at radius 3 is 2.29 bits per heavy atom. The highest BCUT2D eigenvalue weighted by Gasteiger charge is 2.10. The van der Waals surface area contributed by atoms with Gasteiger partial charge in [0.15, 0.2) is 0 Å². The molecule has 0 amide bonds. The molecule has 1 aromatic carbocycles. The van der Waals surface area contributed by atoms with Gasteiger partial charge in [-0.2, -0.15) is 0 Å². The van der Waals surface area contributed by atoms with Gasteiger partial charge in [0, 0.05) is 5.71 Å². The standard InChI is InChI=1S/C12H15NO/c1-9(11(3)14)10(2)13-12-7-5-4-6-8-12/h4-9H,1-3H3. The lowest BCUT2D eigenvalue weighted by molar-refractivity contribution is -0.118. The van der Waals surface area contributed by atoms with E-state index < -0.39 is 0 Å². The van der Waals surface area contributed by atoms with Gasteiger partial charge in [-0.3, -0.25) is 9.79 Å². The second-order valence-electron chi connectivity index (χ2n) is 3.42. The van der Waals surface area contributed by atoms with Crippen LogP contribution in [0.3, 0.4) is 0 Å². The van der Waals surface area contributed by atoms with Gasteiger partial charge in [0.1, 0.15) is 5.78 Å². The number of rotatable bonds is 3. The number of hydrogen-bond acceptors (Lipinski definition) is 2. The number of benzene rings is 1. The average molecular weight is 189 g/mol. The summed E-state index contributed by atoms with van der Waals surface area (Å²) in [6.45, 7) is 5.36. The predicted molar refractivity (Wildman–Crippen MR) is 59.1 cm³/mol. The van der Waals surface area contributed by atoms with Crippen LogP contribution in [0.4, 0.5) is 5.69 Å². The summed E-state index contributed by atoms with van der Waals surface area (Å²) < 4.78 is 0. The van der Waals surface area contributed by atoms with E-state index in [-0.39, 0.29) is 11.7 Å². The second kappa shape index (κ2) is 4.70. The van der Waals surface area contributed by atoms with Crippen molar-refractivity contribution in [1.82, 2.24) is 0 Å². The third-order valence-electron chi connectivity index (χ3n) is 2.30. The van der Waals surface area contributed by atoms with Gasteiger partial charge in [-0.1, -0.05) is 25.1 Å². The predicted octanol–water partition coefficient (Wildman–Crippen LogP) is 3.00. The fourth-order valence-electron chi connectivity index (χ4n) is 1.10. The lowest BCUT2D eigenvalue weighted by atomic mass is 10.0. The fourth-order valence-corrected chi connectivity index (χ4v) is 1.10. The maximum Gasteiger partial charge on any atom is 0.138 e. The minimum Gasteiger partial charge on any atom is -0.299 e. The molecular formula is C12H15NO. The first-order valence-corrected chi connectivity index (χ1v) is 4.72. The molecule has 74 valence electrons. The summed E-state index contributed by atoms with van der Waals surface area (Å²) in [4.78, 5) is 15.5. The summed E-state index contributed by atoms with van der Waals surface area (Å²) in [6.07, 6.45) is 0. The Balaban J connectivity index is 2.84. The Morgan fingerprint density at radius 2 is 1.79 bits per heavy atom. The maximum atomic E-state index is 11.1. The van der Waals surface area contributed by atoms with Crippen LogP contribution in [0.2, 0.25) is 0 Å². The molecule has 0 aromatic heterocycles. The molecule has 0 spiro atoms. The number of Topliss-reactive ketones (excluding diaryl/α,β-unsaturated/α-hetero) is 1. The Labute approximate surface area is 84.7 Å². The van der Waals surface area contributed by atoms with Gasteiger partial charge in [0.05, 0.1) is 11.6 Å². The molecule has 1 rings (SSSR count). The zero-order chi connectivity index (χ0) is 10.6. The number of nitrogens with zero attached hydrogens (tertiary/aromatic N) is 1. The summed E-state index contributed by atoms with van der Waals surface area (Å²) in [5.41, 5.74) is 1.77. The van der Waals surface area contributed by atoms with Crippen molar-refractivity contribution in [2.24, 2.45) is 10.9 Å². The SMILES string of the molecule is CC(=O)C(C)C(C)=Nc1ccccc1. The van der Waals surface area contributed by atoms with E-state index in [1.54, 1.807) is 6.92 Å². The topological polar surface area (TPSA) is 29.4 Å². The molecule has 0 radical (unpaired) electrons. The van der Waals surface area contributed by atoms with Crippen LogP contribution in [0.5, 0.6) is 0 Å². The minimum atomic E-state index is -0.0878. The molecule has 0 N–H and O–H groups in total. The summed E-state index contributed by atoms with van der Waals surface area (Å²) >= 11 is 0. The summed E-state index contributed by atoms with van der Waals surface area (Å²) in [5, 5.41) is 0. The van der Waals surface area contributed by atoms with Crippen molar-refractivity contribution in [3.05, 3.63) is 30.3 Å². The van der Waals surface area contributed by atoms with Crippen molar-refractivity contribution in [3.8, 4) is 0 Å². The van der Waals surface area contributed by atoms with Crippen molar-refractivity contribution in [2.45, 2.75) is 20.8 Å². The van der Waals surface area contributed by atoms with Gasteiger partial charge in [0.2, 0.25) is 0 Å². The van der Waals surface area contributed by atoms with Crippen molar-refractivity contribution in [1.29, 1.82) is 0 Å². The summed E-state index contributed by atoms with van der Waals surface area (Å²) in [6, 6.07) is 9.67. The van der Waals surface area contributed by atoms with Crippen LogP contribution in [-0.4, -0.2) is 11.5 Å². The van der Waals surface area contributed by atoms with Crippen LogP contribution < -0.4 is 0 Å². The van der Waals surface area contributed by atoms with E-state index in [1.165, 1.54) is 0 Å². The van der Waals surface area contributed by atoms with E-state index >= 15 is 0 Å². The molecule has 2 nitrogen and oxygen atoms in total. The van der Waals surface area contributed by atoms with Crippen molar-refractivity contribution in [3.63, 3.8) is 0 Å². The van der Waals surface area contributed by atoms with Crippen LogP contribution in [-0.2, 0) is 4.79 Å². The highest BCUT2D eigenvalue weighted by atomic mass is 16.1. The van der Waals surface area contributed by atoms with Gasteiger partial charge in [-0.05, 0) is 26.0 Å². The molecule has 0 aliphatic carbocycles. The number of carbonyl (C=O) groups excluding carboxylic acids is 1. The summed E-state index contributed by atoms with van der Waals surface area (Å²) in [5.74, 6) is 0.0670. The Kier molecular flexibility index (Phi) is 3.57. The monoisotopic (exact) mass is 189 g/mol. The smallest absolute Gasteiger partial charge is 0.138 e. The summed E-state index contributed by atoms with van der Waals surface area (Å²) in [7, 11) is 0. The molecular weight excluding hydrogens is 174 g/mol. The molecule has 0 fully saturated rings. The van der Waals surface area contributed by atoms with Crippen LogP contribution in [0.1, 0.15) is 20.8 Å². The normalized spacial score (nSPS) is 13.8. The van der Waals surface area contributed by atoms with Crippen LogP contribution in [0.25, 0.3) is 0 Å². The molecule has 0 aliphatic rings. The first-order valence-electron chi connectivity index (χ1n) is 4.72. The van der Waals surface area contributed by atoms with Crippen molar-refractivity contribution in [2.75, 3.05) is 0 Å². The molecule has 0 saturated carbocycles. The first-order chi connectivity index (χ1) is 6.61. The molecule has 0 heterocycles. The van der Waals surface area contributed by atoms with E-state index in [4.69, 9.17) is 0 Å². The molecule has 14 heavy (non-hydrogen) atoms. The zero-order valence-corrected chi connectivity index (χ0v) is 8.82. The van der Waals surface area contributed by atoms with Gasteiger partial charge in [-0.25, -0.2) is 0 Å². The highest BCUT2D eigenvalue weighted by molar-refractivity contribution is 6.03. The highest BCUT2D eigenvalue weighted by Crippen LogP contribution is 2.12. The number of para-hydroxylation sites is 1. The molecule has 0 aliphatic heterocycles. The zero-order valence-electron chi connectivity index (χ0n) is 8.82. The van der Waals surface area contributed by atoms with E-state index in [1.807, 2.05) is 44.2 Å². The molecule has 2 heteroatoms. The van der Waals surface area contributed by atoms with Crippen LogP contribution in [0.15, 0.2) is 35.3 Å². The van der Waals surface area contributed by atoms with E-state index in [0.717, 1.165) is 11.4 Å². The Bertz CT molecular complexity index is 341. The van der Waals surface area contributed by atoms with Gasteiger partial charge in [0.25, 0.3) is 0 Å². The fraction of sp³-hybridized carbons (Fsp3) is 0.333. The van der Waals surface area contributed by atoms with Gasteiger partial charge >= 0.3 is 0 Å². The lowest BCUT2D eigenvalue weighted by Gasteiger charge is -2.06. The molecule has 0 bridgehead atoms. The largest absolute Gasteiger partial charge is 0.299 e. The van der Waals surface area contributed by atoms with Crippen LogP contribution in [0, 0.1) is 5.92 Å². The average Bonchev–Trinajstić information content (AvgIpc) is 2.18. The number of aliphatic imine (C=N–C) groups is 1. The Morgan fingerprint density at radius 1 is 1.21 bits per heavy atom. The first kappa shape index (κ1) is 10.6. The maximum absolute atomic E-state index is 11.1. The molecule has 0 saturated heterocycles.